The van der Waals surface area contributed by atoms with Crippen molar-refractivity contribution in [3.05, 3.63) is 81.3 Å². The molecule has 1 aliphatic carbocycles. The van der Waals surface area contributed by atoms with Crippen LogP contribution in [0.5, 0.6) is 5.75 Å². The van der Waals surface area contributed by atoms with Crippen molar-refractivity contribution in [2.24, 2.45) is 21.8 Å². The minimum atomic E-state index is -0.741. The number of aromatic nitrogens is 2. The van der Waals surface area contributed by atoms with E-state index in [1.165, 1.54) is 19.1 Å². The number of benzene rings is 2. The fourth-order valence-electron chi connectivity index (χ4n) is 10.8. The Morgan fingerprint density at radius 1 is 0.750 bits per heavy atom. The van der Waals surface area contributed by atoms with E-state index in [9.17, 15) is 19.2 Å². The largest absolute Gasteiger partial charge is 0.462 e. The Bertz CT molecular complexity index is 2860. The first-order valence-electron chi connectivity index (χ1n) is 23.8. The Hall–Kier alpha value is -4.96. The lowest BCUT2D eigenvalue weighted by Gasteiger charge is -2.31. The molecule has 15 nitrogen and oxygen atoms in total. The summed E-state index contributed by atoms with van der Waals surface area (Å²) in [4.78, 5) is 71.7. The van der Waals surface area contributed by atoms with E-state index >= 15 is 4.39 Å². The molecule has 2 aromatic heterocycles. The zero-order valence-corrected chi connectivity index (χ0v) is 46.1. The van der Waals surface area contributed by atoms with E-state index in [4.69, 9.17) is 29.2 Å². The molecule has 4 amide bonds. The van der Waals surface area contributed by atoms with Crippen LogP contribution < -0.4 is 15.4 Å². The predicted molar refractivity (Wildman–Crippen MR) is 300 cm³/mol. The van der Waals surface area contributed by atoms with Gasteiger partial charge < -0.3 is 34.6 Å². The second-order valence-corrected chi connectivity index (χ2v) is 20.4. The van der Waals surface area contributed by atoms with Crippen molar-refractivity contribution in [3.63, 3.8) is 0 Å². The number of ether oxygens (including phenoxy) is 3. The molecular formula is C51H65FN8O7S5. The summed E-state index contributed by atoms with van der Waals surface area (Å²) in [6.45, 7) is 8.72. The number of nitrogens with one attached hydrogen (secondary N) is 2. The standard InChI is InChI=1S/C51H57FN8O7S.4H2S/c1-26(2)44(56-50(63)65-5)47(61)58-16-8-11-38(58)35-20-31(24-53-35)28-14-15-37-30(18-28)22-40-43-33(52)19-29(23-41(43)67-49(60(37)40)46-55-34-10-7-13-42(34)68-46)32-21-36(54-25-32)39-12-9-17-59(39)48(62)45(27(3)4)57-51(64)66-6;;;;/h14-15,18-19,22-27,38-39,44-45,49H,7-13,16-17,20-21H2,1-6H3,(H,56,63)(H,57,64);4*1H2/t38-,39-,44-,45-,49?;;;;/m0..../s1. The third-order valence-corrected chi connectivity index (χ3v) is 15.5. The number of carbonyl (C=O) groups excluding carboxylic acids is 4. The Kier molecular flexibility index (Phi) is 18.1. The molecule has 0 radical (unpaired) electrons. The Balaban J connectivity index is 0.00000212. The Morgan fingerprint density at radius 3 is 1.86 bits per heavy atom. The smallest absolute Gasteiger partial charge is 0.407 e. The molecule has 5 aliphatic heterocycles. The molecule has 72 heavy (non-hydrogen) atoms. The van der Waals surface area contributed by atoms with E-state index < -0.39 is 36.3 Å². The number of allylic oxidation sites excluding steroid dienone is 2. The zero-order valence-electron chi connectivity index (χ0n) is 41.3. The molecule has 0 spiro atoms. The van der Waals surface area contributed by atoms with Crippen LogP contribution in [0.4, 0.5) is 14.0 Å². The normalized spacial score (nSPS) is 20.3. The van der Waals surface area contributed by atoms with E-state index in [2.05, 4.69) is 33.4 Å². The van der Waals surface area contributed by atoms with Gasteiger partial charge in [0.25, 0.3) is 0 Å². The molecule has 4 aromatic rings. The number of hydrogen-bond acceptors (Lipinski definition) is 11. The van der Waals surface area contributed by atoms with Gasteiger partial charge in [0.05, 0.1) is 48.8 Å². The highest BCUT2D eigenvalue weighted by Crippen LogP contribution is 2.49. The summed E-state index contributed by atoms with van der Waals surface area (Å²) in [7, 11) is 2.57. The van der Waals surface area contributed by atoms with Gasteiger partial charge in [-0.25, -0.2) is 19.0 Å². The number of thiazole rings is 1. The number of aliphatic imine (C=N–C) groups is 2. The van der Waals surface area contributed by atoms with E-state index in [1.807, 2.05) is 55.8 Å². The van der Waals surface area contributed by atoms with Gasteiger partial charge >= 0.3 is 12.2 Å². The molecule has 2 saturated heterocycles. The summed E-state index contributed by atoms with van der Waals surface area (Å²) in [5.74, 6) is -0.592. The number of methoxy groups -OCH3 is 2. The summed E-state index contributed by atoms with van der Waals surface area (Å²) < 4.78 is 35.5. The molecule has 2 N–H and O–H groups in total. The maximum absolute atomic E-state index is 16.9. The molecule has 1 unspecified atom stereocenters. The van der Waals surface area contributed by atoms with Crippen LogP contribution >= 0.6 is 65.3 Å². The van der Waals surface area contributed by atoms with Gasteiger partial charge in [-0.05, 0) is 109 Å². The maximum atomic E-state index is 16.9. The van der Waals surface area contributed by atoms with Crippen molar-refractivity contribution in [1.82, 2.24) is 30.0 Å². The molecule has 7 heterocycles. The van der Waals surface area contributed by atoms with E-state index in [-0.39, 0.29) is 89.7 Å². The lowest BCUT2D eigenvalue weighted by Crippen LogP contribution is -2.53. The van der Waals surface area contributed by atoms with Crippen molar-refractivity contribution < 1.29 is 37.8 Å². The third-order valence-electron chi connectivity index (χ3n) is 14.3. The average molecular weight is 1080 g/mol. The molecule has 6 aliphatic rings. The number of amides is 4. The minimum Gasteiger partial charge on any atom is -0.462 e. The Morgan fingerprint density at radius 2 is 1.32 bits per heavy atom. The molecule has 10 rings (SSSR count). The zero-order chi connectivity index (χ0) is 47.5. The van der Waals surface area contributed by atoms with Gasteiger partial charge in [0.1, 0.15) is 23.7 Å². The highest BCUT2D eigenvalue weighted by molar-refractivity contribution is 7.59. The van der Waals surface area contributed by atoms with Gasteiger partial charge in [-0.3, -0.25) is 24.1 Å². The maximum Gasteiger partial charge on any atom is 0.407 e. The van der Waals surface area contributed by atoms with Gasteiger partial charge in [0.15, 0.2) is 5.01 Å². The topological polar surface area (TPSA) is 169 Å². The molecule has 0 saturated carbocycles. The van der Waals surface area contributed by atoms with Crippen LogP contribution in [0.25, 0.3) is 33.3 Å². The van der Waals surface area contributed by atoms with Gasteiger partial charge in [-0.15, -0.1) is 11.3 Å². The second kappa shape index (κ2) is 23.1. The van der Waals surface area contributed by atoms with E-state index in [1.54, 1.807) is 23.6 Å². The summed E-state index contributed by atoms with van der Waals surface area (Å²) in [5, 5.41) is 7.18. The monoisotopic (exact) mass is 1080 g/mol. The molecule has 2 aromatic carbocycles. The number of rotatable bonds is 11. The molecule has 0 bridgehead atoms. The summed E-state index contributed by atoms with van der Waals surface area (Å²) in [5.41, 5.74) is 8.28. The summed E-state index contributed by atoms with van der Waals surface area (Å²) >= 11 is 1.66. The van der Waals surface area contributed by atoms with Gasteiger partial charge in [0, 0.05) is 60.0 Å². The van der Waals surface area contributed by atoms with E-state index in [0.717, 1.165) is 94.7 Å². The van der Waals surface area contributed by atoms with Crippen LogP contribution in [0.2, 0.25) is 0 Å². The molecule has 2 fully saturated rings. The van der Waals surface area contributed by atoms with Crippen molar-refractivity contribution in [3.8, 4) is 17.0 Å². The van der Waals surface area contributed by atoms with Crippen molar-refractivity contribution in [2.45, 2.75) is 116 Å². The first-order chi connectivity index (χ1) is 32.8. The molecule has 388 valence electrons. The number of halogens is 1. The number of likely N-dealkylation sites (tertiary alicyclic amines) is 2. The first-order valence-corrected chi connectivity index (χ1v) is 24.6. The van der Waals surface area contributed by atoms with Gasteiger partial charge in [-0.1, -0.05) is 33.8 Å². The van der Waals surface area contributed by atoms with E-state index in [0.29, 0.717) is 48.5 Å². The lowest BCUT2D eigenvalue weighted by atomic mass is 9.95. The molecule has 5 atom stereocenters. The predicted octanol–water partition coefficient (Wildman–Crippen LogP) is 8.90. The molecule has 21 heteroatoms. The number of nitrogens with zero attached hydrogens (tertiary/aromatic N) is 6. The van der Waals surface area contributed by atoms with Crippen LogP contribution in [0, 0.1) is 17.7 Å². The van der Waals surface area contributed by atoms with Crippen LogP contribution in [0.1, 0.15) is 106 Å². The summed E-state index contributed by atoms with van der Waals surface area (Å²) in [6.07, 6.45) is 8.91. The fraction of sp³-hybridized carbons (Fsp3) is 0.471. The van der Waals surface area contributed by atoms with Crippen molar-refractivity contribution in [1.29, 1.82) is 0 Å². The minimum absolute atomic E-state index is 0. The van der Waals surface area contributed by atoms with Crippen LogP contribution in [-0.4, -0.2) is 106 Å². The number of aryl methyl sites for hydroxylation is 2. The van der Waals surface area contributed by atoms with Gasteiger partial charge in [0.2, 0.25) is 18.0 Å². The first kappa shape index (κ1) is 56.3. The SMILES string of the molecule is COC(=O)N[C@H](C(=O)N1CCC[C@H]1C1=NC=C(c2cc(F)c3c(c2)OC(c2nc4c(s2)CCC4)n2c-3cc3cc(C4=CN=C([C@@H]5CCCN5C(=O)[C@@H](NC(=O)OC)C(C)C)C4)ccc32)C1)C(C)C.S.S.S.S. The third kappa shape index (κ3) is 10.4. The number of alkyl carbamates (subject to hydrolysis) is 2. The van der Waals surface area contributed by atoms with Crippen molar-refractivity contribution in [2.75, 3.05) is 27.3 Å². The van der Waals surface area contributed by atoms with Gasteiger partial charge in [-0.2, -0.15) is 54.0 Å². The number of fused-ring (bicyclic) bond motifs is 6. The number of carbonyl (C=O) groups is 4. The van der Waals surface area contributed by atoms with Crippen LogP contribution in [0.3, 0.4) is 0 Å². The van der Waals surface area contributed by atoms with Crippen molar-refractivity contribution >= 4 is 123 Å². The summed E-state index contributed by atoms with van der Waals surface area (Å²) in [6, 6.07) is 9.88. The van der Waals surface area contributed by atoms with Crippen LogP contribution in [0.15, 0.2) is 58.8 Å². The Labute approximate surface area is 451 Å². The quantitative estimate of drug-likeness (QED) is 0.150. The second-order valence-electron chi connectivity index (χ2n) is 19.2. The highest BCUT2D eigenvalue weighted by Gasteiger charge is 2.41. The number of hydrogen-bond donors (Lipinski definition) is 2. The lowest BCUT2D eigenvalue weighted by molar-refractivity contribution is -0.134. The van der Waals surface area contributed by atoms with Crippen LogP contribution in [-0.2, 0) is 31.9 Å². The highest BCUT2D eigenvalue weighted by atomic mass is 32.1. The fourth-order valence-corrected chi connectivity index (χ4v) is 12.0. The average Bonchev–Trinajstić information content (AvgIpc) is 4.18. The molecular weight excluding hydrogens is 1020 g/mol.